The molecule has 1 aliphatic heterocycles. The summed E-state index contributed by atoms with van der Waals surface area (Å²) in [6.07, 6.45) is -0.482. The average Bonchev–Trinajstić information content (AvgIpc) is 3.19. The maximum Gasteiger partial charge on any atom is 0.405 e. The molecule has 0 saturated heterocycles. The molecular weight excluding hydrogens is 352 g/mol. The topological polar surface area (TPSA) is 140 Å². The van der Waals surface area contributed by atoms with E-state index in [1.807, 2.05) is 0 Å². The van der Waals surface area contributed by atoms with Gasteiger partial charge in [-0.05, 0) is 20.8 Å². The van der Waals surface area contributed by atoms with E-state index in [1.165, 1.54) is 0 Å². The smallest absolute Gasteiger partial charge is 0.405 e. The molecule has 0 radical (unpaired) electrons. The van der Waals surface area contributed by atoms with Crippen LogP contribution in [0.1, 0.15) is 42.7 Å². The van der Waals surface area contributed by atoms with E-state index in [4.69, 9.17) is 23.6 Å². The fraction of sp³-hybridized carbons (Fsp3) is 0.533. The summed E-state index contributed by atoms with van der Waals surface area (Å²) in [7, 11) is 0. The highest BCUT2D eigenvalue weighted by atomic mass is 16.9. The van der Waals surface area contributed by atoms with Gasteiger partial charge in [0.2, 0.25) is 0 Å². The Kier molecular flexibility index (Phi) is 6.15. The number of rotatable bonds is 7. The minimum absolute atomic E-state index is 0.0126. The second-order valence-electron chi connectivity index (χ2n) is 4.96. The SMILES string of the molecule is CCOC(=O)C1=[N+]([O-])O[C@@H](C(=O)OCC)[C@H]1c1conc1C(=O)OCC. The zero-order valence-electron chi connectivity index (χ0n) is 14.4. The van der Waals surface area contributed by atoms with Crippen LogP contribution in [-0.2, 0) is 28.6 Å². The van der Waals surface area contributed by atoms with Gasteiger partial charge in [0.1, 0.15) is 12.2 Å². The zero-order valence-corrected chi connectivity index (χ0v) is 14.4. The van der Waals surface area contributed by atoms with Crippen LogP contribution in [-0.4, -0.2) is 59.6 Å². The van der Waals surface area contributed by atoms with Gasteiger partial charge in [-0.25, -0.2) is 9.59 Å². The van der Waals surface area contributed by atoms with Crippen LogP contribution in [0.5, 0.6) is 0 Å². The van der Waals surface area contributed by atoms with Gasteiger partial charge in [-0.2, -0.15) is 0 Å². The lowest BCUT2D eigenvalue weighted by molar-refractivity contribution is -0.736. The largest absolute Gasteiger partial charge is 0.465 e. The summed E-state index contributed by atoms with van der Waals surface area (Å²) in [5.74, 6) is -4.05. The van der Waals surface area contributed by atoms with E-state index in [2.05, 4.69) is 5.16 Å². The van der Waals surface area contributed by atoms with Gasteiger partial charge in [0.05, 0.1) is 24.7 Å². The highest BCUT2D eigenvalue weighted by Gasteiger charge is 2.52. The van der Waals surface area contributed by atoms with Crippen molar-refractivity contribution >= 4 is 23.6 Å². The summed E-state index contributed by atoms with van der Waals surface area (Å²) < 4.78 is 19.4. The van der Waals surface area contributed by atoms with Crippen molar-refractivity contribution in [2.45, 2.75) is 32.8 Å². The Labute approximate surface area is 148 Å². The second kappa shape index (κ2) is 8.32. The zero-order chi connectivity index (χ0) is 19.3. The van der Waals surface area contributed by atoms with E-state index < -0.39 is 35.6 Å². The Hall–Kier alpha value is -3.11. The van der Waals surface area contributed by atoms with Crippen LogP contribution in [0, 0.1) is 5.21 Å². The first-order valence-electron chi connectivity index (χ1n) is 7.92. The Bertz CT molecular complexity index is 724. The molecule has 11 nitrogen and oxygen atoms in total. The molecule has 0 N–H and O–H groups in total. The highest BCUT2D eigenvalue weighted by Crippen LogP contribution is 2.32. The quantitative estimate of drug-likeness (QED) is 0.374. The molecule has 0 spiro atoms. The van der Waals surface area contributed by atoms with Gasteiger partial charge in [-0.1, -0.05) is 5.16 Å². The highest BCUT2D eigenvalue weighted by molar-refractivity contribution is 6.37. The number of carbonyl (C=O) groups is 3. The molecule has 1 aromatic heterocycles. The fourth-order valence-corrected chi connectivity index (χ4v) is 2.42. The van der Waals surface area contributed by atoms with Crippen molar-refractivity contribution in [3.05, 3.63) is 22.7 Å². The van der Waals surface area contributed by atoms with E-state index in [9.17, 15) is 19.6 Å². The molecule has 0 amide bonds. The van der Waals surface area contributed by atoms with Crippen LogP contribution in [0.15, 0.2) is 10.8 Å². The number of carbonyl (C=O) groups excluding carboxylic acids is 3. The maximum absolute atomic E-state index is 12.2. The van der Waals surface area contributed by atoms with E-state index in [0.717, 1.165) is 6.26 Å². The molecule has 2 atom stereocenters. The van der Waals surface area contributed by atoms with Crippen molar-refractivity contribution < 1.29 is 42.9 Å². The van der Waals surface area contributed by atoms with Crippen LogP contribution in [0.2, 0.25) is 0 Å². The molecule has 0 fully saturated rings. The summed E-state index contributed by atoms with van der Waals surface area (Å²) in [5, 5.41) is 15.6. The number of nitrogens with zero attached hydrogens (tertiary/aromatic N) is 2. The van der Waals surface area contributed by atoms with Crippen molar-refractivity contribution in [1.29, 1.82) is 0 Å². The van der Waals surface area contributed by atoms with Gasteiger partial charge < -0.3 is 23.6 Å². The van der Waals surface area contributed by atoms with E-state index >= 15 is 0 Å². The van der Waals surface area contributed by atoms with Crippen LogP contribution in [0.25, 0.3) is 0 Å². The first kappa shape index (κ1) is 19.2. The van der Waals surface area contributed by atoms with Gasteiger partial charge in [0, 0.05) is 5.56 Å². The predicted molar refractivity (Wildman–Crippen MR) is 82.0 cm³/mol. The molecule has 2 rings (SSSR count). The van der Waals surface area contributed by atoms with Crippen molar-refractivity contribution in [2.24, 2.45) is 0 Å². The standard InChI is InChI=1S/C15H18N2O9/c1-4-22-13(18)10-8(7-25-16-10)9-11(14(19)23-5-2)17(21)26-12(9)15(20)24-6-3/h7,9,12H,4-6H2,1-3H3/t9-,12+/m0/s1. The van der Waals surface area contributed by atoms with Crippen molar-refractivity contribution in [3.8, 4) is 0 Å². The summed E-state index contributed by atoms with van der Waals surface area (Å²) in [6, 6.07) is 0. The molecule has 1 aliphatic rings. The van der Waals surface area contributed by atoms with Crippen molar-refractivity contribution in [2.75, 3.05) is 19.8 Å². The third-order valence-electron chi connectivity index (χ3n) is 3.41. The molecule has 1 aromatic rings. The van der Waals surface area contributed by atoms with Crippen LogP contribution in [0.3, 0.4) is 0 Å². The third kappa shape index (κ3) is 3.60. The summed E-state index contributed by atoms with van der Waals surface area (Å²) in [6.45, 7) is 4.78. The van der Waals surface area contributed by atoms with Crippen LogP contribution in [0.4, 0.5) is 0 Å². The number of esters is 3. The van der Waals surface area contributed by atoms with Gasteiger partial charge in [-0.15, -0.1) is 0 Å². The molecule has 0 saturated carbocycles. The molecule has 11 heteroatoms. The number of aromatic nitrogens is 1. The summed E-state index contributed by atoms with van der Waals surface area (Å²) in [4.78, 5) is 41.2. The molecule has 0 unspecified atom stereocenters. The maximum atomic E-state index is 12.2. The van der Waals surface area contributed by atoms with Gasteiger partial charge in [0.25, 0.3) is 0 Å². The summed E-state index contributed by atoms with van der Waals surface area (Å²) >= 11 is 0. The first-order valence-corrected chi connectivity index (χ1v) is 7.92. The molecular formula is C15H18N2O9. The van der Waals surface area contributed by atoms with E-state index in [1.54, 1.807) is 20.8 Å². The molecule has 142 valence electrons. The molecule has 0 aromatic carbocycles. The van der Waals surface area contributed by atoms with E-state index in [-0.39, 0.29) is 36.0 Å². The van der Waals surface area contributed by atoms with Crippen LogP contribution >= 0.6 is 0 Å². The van der Waals surface area contributed by atoms with E-state index in [0.29, 0.717) is 0 Å². The van der Waals surface area contributed by atoms with Gasteiger partial charge in [-0.3, -0.25) is 10.0 Å². The molecule has 26 heavy (non-hydrogen) atoms. The minimum atomic E-state index is -1.51. The van der Waals surface area contributed by atoms with Crippen molar-refractivity contribution in [3.63, 3.8) is 0 Å². The number of hydrogen-bond acceptors (Lipinski definition) is 10. The Balaban J connectivity index is 2.50. The van der Waals surface area contributed by atoms with Crippen molar-refractivity contribution in [1.82, 2.24) is 5.16 Å². The Morgan fingerprint density at radius 1 is 1.12 bits per heavy atom. The average molecular weight is 370 g/mol. The lowest BCUT2D eigenvalue weighted by atomic mass is 9.89. The first-order chi connectivity index (χ1) is 12.5. The lowest BCUT2D eigenvalue weighted by Gasteiger charge is -2.16. The normalized spacial score (nSPS) is 19.0. The summed E-state index contributed by atoms with van der Waals surface area (Å²) in [5.41, 5.74) is -0.839. The number of hydrogen-bond donors (Lipinski definition) is 0. The second-order valence-corrected chi connectivity index (χ2v) is 4.96. The minimum Gasteiger partial charge on any atom is -0.465 e. The van der Waals surface area contributed by atoms with Gasteiger partial charge >= 0.3 is 23.6 Å². The van der Waals surface area contributed by atoms with Crippen LogP contribution < -0.4 is 0 Å². The number of ether oxygens (including phenoxy) is 3. The van der Waals surface area contributed by atoms with Gasteiger partial charge in [0.15, 0.2) is 11.8 Å². The Morgan fingerprint density at radius 2 is 1.73 bits per heavy atom. The fourth-order valence-electron chi connectivity index (χ4n) is 2.42. The third-order valence-corrected chi connectivity index (χ3v) is 3.41. The molecule has 2 heterocycles. The molecule has 0 aliphatic carbocycles. The predicted octanol–water partition coefficient (Wildman–Crippen LogP) is 0.326. The Morgan fingerprint density at radius 3 is 2.35 bits per heavy atom. The molecule has 0 bridgehead atoms. The lowest BCUT2D eigenvalue weighted by Crippen LogP contribution is -2.35. The monoisotopic (exact) mass is 370 g/mol.